The van der Waals surface area contributed by atoms with Gasteiger partial charge in [0.1, 0.15) is 11.5 Å². The van der Waals surface area contributed by atoms with Crippen molar-refractivity contribution in [2.24, 2.45) is 11.8 Å². The Bertz CT molecular complexity index is 532. The molecule has 0 fully saturated rings. The van der Waals surface area contributed by atoms with Gasteiger partial charge in [-0.1, -0.05) is 6.92 Å². The zero-order valence-electron chi connectivity index (χ0n) is 10.9. The van der Waals surface area contributed by atoms with Crippen molar-refractivity contribution in [1.82, 2.24) is 0 Å². The van der Waals surface area contributed by atoms with E-state index in [1.807, 2.05) is 0 Å². The van der Waals surface area contributed by atoms with Crippen molar-refractivity contribution in [1.29, 1.82) is 0 Å². The summed E-state index contributed by atoms with van der Waals surface area (Å²) in [5, 5.41) is 0. The van der Waals surface area contributed by atoms with Crippen molar-refractivity contribution in [3.05, 3.63) is 35.9 Å². The lowest BCUT2D eigenvalue weighted by Gasteiger charge is -2.28. The third kappa shape index (κ3) is 2.79. The number of hydrogen-bond acceptors (Lipinski definition) is 3. The largest absolute Gasteiger partial charge is 0.497 e. The van der Waals surface area contributed by atoms with E-state index in [0.29, 0.717) is 11.3 Å². The zero-order valence-corrected chi connectivity index (χ0v) is 10.9. The van der Waals surface area contributed by atoms with Crippen LogP contribution in [0.15, 0.2) is 30.3 Å². The van der Waals surface area contributed by atoms with Crippen LogP contribution < -0.4 is 4.74 Å². The molecule has 1 aliphatic heterocycles. The molecule has 1 aromatic carbocycles. The number of methoxy groups -OCH3 is 1. The maximum Gasteiger partial charge on any atom is 0.396 e. The van der Waals surface area contributed by atoms with Crippen LogP contribution in [0.1, 0.15) is 12.5 Å². The molecule has 1 aliphatic rings. The number of hydrogen-bond donors (Lipinski definition) is 0. The number of carbonyl (C=O) groups is 1. The van der Waals surface area contributed by atoms with Crippen LogP contribution in [0.3, 0.4) is 0 Å². The molecule has 3 nitrogen and oxygen atoms in total. The van der Waals surface area contributed by atoms with Crippen LogP contribution in [0.4, 0.5) is 13.2 Å². The Morgan fingerprint density at radius 1 is 1.20 bits per heavy atom. The predicted octanol–water partition coefficient (Wildman–Crippen LogP) is 3.41. The number of esters is 1. The minimum Gasteiger partial charge on any atom is -0.497 e. The Kier molecular flexibility index (Phi) is 3.74. The first-order chi connectivity index (χ1) is 9.32. The molecule has 2 rings (SSSR count). The molecule has 0 saturated carbocycles. The van der Waals surface area contributed by atoms with Crippen LogP contribution in [0, 0.1) is 11.8 Å². The van der Waals surface area contributed by atoms with Crippen molar-refractivity contribution in [2.45, 2.75) is 13.1 Å². The Labute approximate surface area is 114 Å². The van der Waals surface area contributed by atoms with Gasteiger partial charge in [0.2, 0.25) is 0 Å². The van der Waals surface area contributed by atoms with Crippen molar-refractivity contribution in [2.75, 3.05) is 7.11 Å². The molecule has 1 heterocycles. The van der Waals surface area contributed by atoms with Crippen molar-refractivity contribution in [3.8, 4) is 5.75 Å². The number of carbonyl (C=O) groups excluding carboxylic acids is 1. The number of alkyl halides is 3. The Morgan fingerprint density at radius 3 is 2.30 bits per heavy atom. The number of ether oxygens (including phenoxy) is 2. The van der Waals surface area contributed by atoms with Gasteiger partial charge in [0, 0.05) is 5.56 Å². The molecule has 0 amide bonds. The lowest BCUT2D eigenvalue weighted by molar-refractivity contribution is -0.185. The summed E-state index contributed by atoms with van der Waals surface area (Å²) in [5.74, 6) is -3.45. The molecule has 0 saturated heterocycles. The van der Waals surface area contributed by atoms with Gasteiger partial charge in [0.05, 0.1) is 18.9 Å². The molecule has 0 bridgehead atoms. The quantitative estimate of drug-likeness (QED) is 0.782. The summed E-state index contributed by atoms with van der Waals surface area (Å²) in [6.07, 6.45) is -3.52. The molecule has 6 heteroatoms. The van der Waals surface area contributed by atoms with Gasteiger partial charge in [-0.3, -0.25) is 4.79 Å². The van der Waals surface area contributed by atoms with Gasteiger partial charge >= 0.3 is 12.1 Å². The molecule has 0 N–H and O–H groups in total. The van der Waals surface area contributed by atoms with Gasteiger partial charge in [-0.25, -0.2) is 0 Å². The highest BCUT2D eigenvalue weighted by Gasteiger charge is 2.47. The van der Waals surface area contributed by atoms with Crippen molar-refractivity contribution < 1.29 is 27.4 Å². The van der Waals surface area contributed by atoms with Gasteiger partial charge in [-0.05, 0) is 30.3 Å². The van der Waals surface area contributed by atoms with Crippen LogP contribution in [-0.2, 0) is 9.53 Å². The summed E-state index contributed by atoms with van der Waals surface area (Å²) in [6, 6.07) is 6.26. The van der Waals surface area contributed by atoms with Crippen molar-refractivity contribution in [3.63, 3.8) is 0 Å². The molecule has 20 heavy (non-hydrogen) atoms. The van der Waals surface area contributed by atoms with E-state index in [4.69, 9.17) is 9.47 Å². The van der Waals surface area contributed by atoms with E-state index in [-0.39, 0.29) is 5.76 Å². The first-order valence-corrected chi connectivity index (χ1v) is 5.97. The number of benzene rings is 1. The maximum absolute atomic E-state index is 12.9. The molecule has 0 unspecified atom stereocenters. The highest BCUT2D eigenvalue weighted by Crippen LogP contribution is 2.39. The minimum atomic E-state index is -4.48. The topological polar surface area (TPSA) is 35.5 Å². The van der Waals surface area contributed by atoms with Crippen molar-refractivity contribution >= 4 is 11.7 Å². The van der Waals surface area contributed by atoms with Crippen LogP contribution in [0.5, 0.6) is 5.75 Å². The number of allylic oxidation sites excluding steroid dienone is 1. The highest BCUT2D eigenvalue weighted by molar-refractivity contribution is 5.83. The van der Waals surface area contributed by atoms with Gasteiger partial charge in [0.15, 0.2) is 0 Å². The maximum atomic E-state index is 12.9. The van der Waals surface area contributed by atoms with E-state index in [2.05, 4.69) is 0 Å². The van der Waals surface area contributed by atoms with Crippen LogP contribution in [-0.4, -0.2) is 19.3 Å². The van der Waals surface area contributed by atoms with Gasteiger partial charge < -0.3 is 9.47 Å². The summed E-state index contributed by atoms with van der Waals surface area (Å²) in [7, 11) is 1.48. The van der Waals surface area contributed by atoms with E-state index in [9.17, 15) is 18.0 Å². The smallest absolute Gasteiger partial charge is 0.396 e. The molecule has 0 aromatic heterocycles. The molecular weight excluding hydrogens is 273 g/mol. The monoisotopic (exact) mass is 286 g/mol. The fraction of sp³-hybridized carbons (Fsp3) is 0.357. The summed E-state index contributed by atoms with van der Waals surface area (Å²) >= 11 is 0. The molecule has 0 spiro atoms. The number of rotatable bonds is 2. The van der Waals surface area contributed by atoms with E-state index in [1.165, 1.54) is 14.0 Å². The fourth-order valence-electron chi connectivity index (χ4n) is 1.98. The van der Waals surface area contributed by atoms with Gasteiger partial charge in [0.25, 0.3) is 0 Å². The summed E-state index contributed by atoms with van der Waals surface area (Å²) in [4.78, 5) is 11.6. The third-order valence-electron chi connectivity index (χ3n) is 3.20. The summed E-state index contributed by atoms with van der Waals surface area (Å²) in [6.45, 7) is 1.21. The van der Waals surface area contributed by atoms with E-state index < -0.39 is 24.0 Å². The lowest BCUT2D eigenvalue weighted by Crippen LogP contribution is -2.36. The first kappa shape index (κ1) is 14.4. The summed E-state index contributed by atoms with van der Waals surface area (Å²) < 4.78 is 48.6. The second-order valence-electron chi connectivity index (χ2n) is 4.54. The highest BCUT2D eigenvalue weighted by atomic mass is 19.4. The Balaban J connectivity index is 2.36. The molecule has 108 valence electrons. The molecule has 0 radical (unpaired) electrons. The van der Waals surface area contributed by atoms with Gasteiger partial charge in [-0.15, -0.1) is 0 Å². The predicted molar refractivity (Wildman–Crippen MR) is 65.8 cm³/mol. The van der Waals surface area contributed by atoms with Crippen LogP contribution >= 0.6 is 0 Å². The Hall–Kier alpha value is -1.98. The van der Waals surface area contributed by atoms with E-state index >= 15 is 0 Å². The molecule has 1 aromatic rings. The summed E-state index contributed by atoms with van der Waals surface area (Å²) in [5.41, 5.74) is 0.403. The van der Waals surface area contributed by atoms with Gasteiger partial charge in [-0.2, -0.15) is 13.2 Å². The minimum absolute atomic E-state index is 0.0712. The normalized spacial score (nSPS) is 23.1. The second-order valence-corrected chi connectivity index (χ2v) is 4.54. The Morgan fingerprint density at radius 2 is 1.80 bits per heavy atom. The fourth-order valence-corrected chi connectivity index (χ4v) is 1.98. The number of halogens is 3. The molecule has 0 aliphatic carbocycles. The second kappa shape index (κ2) is 5.19. The average molecular weight is 286 g/mol. The SMILES string of the molecule is COc1ccc(C2=C[C@H](C(F)(F)F)[C@H](C)C(=O)O2)cc1. The van der Waals surface area contributed by atoms with E-state index in [0.717, 1.165) is 6.08 Å². The van der Waals surface area contributed by atoms with Crippen LogP contribution in [0.2, 0.25) is 0 Å². The van der Waals surface area contributed by atoms with E-state index in [1.54, 1.807) is 24.3 Å². The number of cyclic esters (lactones) is 1. The third-order valence-corrected chi connectivity index (χ3v) is 3.20. The molecular formula is C14H13F3O3. The molecule has 2 atom stereocenters. The average Bonchev–Trinajstić information content (AvgIpc) is 2.40. The zero-order chi connectivity index (χ0) is 14.9. The first-order valence-electron chi connectivity index (χ1n) is 5.97. The standard InChI is InChI=1S/C14H13F3O3/c1-8-11(14(15,16)17)7-12(20-13(8)18)9-3-5-10(19-2)6-4-9/h3-8,11H,1-2H3/t8-,11-/m0/s1. The van der Waals surface area contributed by atoms with Crippen LogP contribution in [0.25, 0.3) is 5.76 Å². The lowest BCUT2D eigenvalue weighted by atomic mass is 9.90.